The summed E-state index contributed by atoms with van der Waals surface area (Å²) >= 11 is 15.3. The molecule has 2 aromatic rings. The Morgan fingerprint density at radius 2 is 1.95 bits per heavy atom. The van der Waals surface area contributed by atoms with Crippen molar-refractivity contribution in [3.63, 3.8) is 0 Å². The molecular weight excluding hydrogens is 377 g/mol. The lowest BCUT2D eigenvalue weighted by Gasteiger charge is -2.15. The highest BCUT2D eigenvalue weighted by Crippen LogP contribution is 2.26. The number of rotatable bonds is 6. The normalized spacial score (nSPS) is 12.0. The zero-order valence-corrected chi connectivity index (χ0v) is 14.1. The van der Waals surface area contributed by atoms with E-state index in [2.05, 4.69) is 21.2 Å². The fraction of sp³-hybridized carbons (Fsp3) is 0.200. The van der Waals surface area contributed by atoms with Crippen LogP contribution in [0.5, 0.6) is 5.75 Å². The van der Waals surface area contributed by atoms with Crippen molar-refractivity contribution in [3.05, 3.63) is 57.0 Å². The number of benzene rings is 2. The summed E-state index contributed by atoms with van der Waals surface area (Å²) in [6.45, 7) is 0.507. The molecule has 0 amide bonds. The lowest BCUT2D eigenvalue weighted by Crippen LogP contribution is -2.26. The number of halogens is 3. The average molecular weight is 391 g/mol. The molecule has 0 saturated heterocycles. The first-order valence-corrected chi connectivity index (χ1v) is 7.85. The number of aliphatic hydroxyl groups excluding tert-OH is 1. The maximum Gasteiger partial charge on any atom is 0.138 e. The van der Waals surface area contributed by atoms with E-state index in [1.54, 1.807) is 24.3 Å². The third-order valence-corrected chi connectivity index (χ3v) is 3.93. The fourth-order valence-electron chi connectivity index (χ4n) is 1.67. The van der Waals surface area contributed by atoms with Crippen LogP contribution in [0.3, 0.4) is 0 Å². The van der Waals surface area contributed by atoms with Crippen molar-refractivity contribution < 1.29 is 9.84 Å². The van der Waals surface area contributed by atoms with Crippen molar-refractivity contribution >= 4 is 44.8 Å². The summed E-state index contributed by atoms with van der Waals surface area (Å²) in [5.74, 6) is 0.561. The molecule has 0 spiro atoms. The van der Waals surface area contributed by atoms with Gasteiger partial charge in [0.25, 0.3) is 0 Å². The van der Waals surface area contributed by atoms with Crippen LogP contribution in [0.15, 0.2) is 46.9 Å². The van der Waals surface area contributed by atoms with Gasteiger partial charge in [-0.2, -0.15) is 0 Å². The number of hydrogen-bond donors (Lipinski definition) is 2. The molecule has 1 unspecified atom stereocenters. The van der Waals surface area contributed by atoms with Crippen LogP contribution < -0.4 is 10.1 Å². The first kappa shape index (κ1) is 16.4. The van der Waals surface area contributed by atoms with Crippen LogP contribution in [-0.4, -0.2) is 24.4 Å². The molecule has 0 aromatic heterocycles. The highest BCUT2D eigenvalue weighted by atomic mass is 79.9. The number of nitrogens with one attached hydrogen (secondary N) is 1. The minimum absolute atomic E-state index is 0.155. The Bertz CT molecular complexity index is 610. The first-order valence-electron chi connectivity index (χ1n) is 6.30. The Hall–Kier alpha value is -0.940. The van der Waals surface area contributed by atoms with Crippen LogP contribution >= 0.6 is 39.1 Å². The molecule has 0 bridgehead atoms. The lowest BCUT2D eigenvalue weighted by atomic mass is 10.3. The van der Waals surface area contributed by atoms with Gasteiger partial charge in [0.15, 0.2) is 0 Å². The van der Waals surface area contributed by atoms with Crippen molar-refractivity contribution in [2.75, 3.05) is 18.5 Å². The lowest BCUT2D eigenvalue weighted by molar-refractivity contribution is 0.117. The Morgan fingerprint density at radius 1 is 1.19 bits per heavy atom. The maximum absolute atomic E-state index is 9.94. The van der Waals surface area contributed by atoms with Crippen molar-refractivity contribution in [2.45, 2.75) is 6.10 Å². The standard InChI is InChI=1S/C15H14BrCl2NO2/c16-12-7-10(17)5-6-14(12)19-8-11(20)9-21-15-4-2-1-3-13(15)18/h1-7,11,19-20H,8-9H2. The van der Waals surface area contributed by atoms with Gasteiger partial charge >= 0.3 is 0 Å². The van der Waals surface area contributed by atoms with E-state index < -0.39 is 6.10 Å². The average Bonchev–Trinajstić information content (AvgIpc) is 2.45. The van der Waals surface area contributed by atoms with E-state index in [1.165, 1.54) is 0 Å². The minimum Gasteiger partial charge on any atom is -0.489 e. The van der Waals surface area contributed by atoms with E-state index in [0.29, 0.717) is 22.3 Å². The van der Waals surface area contributed by atoms with E-state index in [1.807, 2.05) is 18.2 Å². The Labute approximate surface area is 142 Å². The molecule has 0 radical (unpaired) electrons. The molecule has 1 atom stereocenters. The summed E-state index contributed by atoms with van der Waals surface area (Å²) in [5, 5.41) is 14.2. The van der Waals surface area contributed by atoms with Gasteiger partial charge in [-0.1, -0.05) is 35.3 Å². The zero-order chi connectivity index (χ0) is 15.2. The van der Waals surface area contributed by atoms with Crippen LogP contribution in [0.2, 0.25) is 10.0 Å². The molecule has 2 N–H and O–H groups in total. The number of hydrogen-bond acceptors (Lipinski definition) is 3. The number of anilines is 1. The summed E-state index contributed by atoms with van der Waals surface area (Å²) < 4.78 is 6.32. The predicted molar refractivity (Wildman–Crippen MR) is 90.6 cm³/mol. The van der Waals surface area contributed by atoms with E-state index in [0.717, 1.165) is 10.2 Å². The Morgan fingerprint density at radius 3 is 2.67 bits per heavy atom. The molecule has 0 aliphatic carbocycles. The van der Waals surface area contributed by atoms with Gasteiger partial charge in [-0.25, -0.2) is 0 Å². The third kappa shape index (κ3) is 5.08. The molecule has 2 aromatic carbocycles. The largest absolute Gasteiger partial charge is 0.489 e. The second kappa shape index (κ2) is 7.90. The molecule has 112 valence electrons. The number of aliphatic hydroxyl groups is 1. The molecule has 2 rings (SSSR count). The smallest absolute Gasteiger partial charge is 0.138 e. The monoisotopic (exact) mass is 389 g/mol. The summed E-state index contributed by atoms with van der Waals surface area (Å²) in [4.78, 5) is 0. The molecule has 6 heteroatoms. The SMILES string of the molecule is OC(CNc1ccc(Cl)cc1Br)COc1ccccc1Cl. The highest BCUT2D eigenvalue weighted by molar-refractivity contribution is 9.10. The van der Waals surface area contributed by atoms with Gasteiger partial charge in [-0.15, -0.1) is 0 Å². The van der Waals surface area contributed by atoms with Crippen molar-refractivity contribution in [1.29, 1.82) is 0 Å². The molecule has 0 saturated carbocycles. The molecule has 0 aliphatic heterocycles. The van der Waals surface area contributed by atoms with E-state index in [4.69, 9.17) is 27.9 Å². The third-order valence-electron chi connectivity index (χ3n) is 2.73. The van der Waals surface area contributed by atoms with E-state index >= 15 is 0 Å². The van der Waals surface area contributed by atoms with Crippen molar-refractivity contribution in [2.24, 2.45) is 0 Å². The maximum atomic E-state index is 9.94. The molecule has 0 aliphatic rings. The van der Waals surface area contributed by atoms with Crippen molar-refractivity contribution in [1.82, 2.24) is 0 Å². The molecule has 21 heavy (non-hydrogen) atoms. The summed E-state index contributed by atoms with van der Waals surface area (Å²) in [7, 11) is 0. The summed E-state index contributed by atoms with van der Waals surface area (Å²) in [5.41, 5.74) is 0.858. The van der Waals surface area contributed by atoms with Crippen LogP contribution in [0.4, 0.5) is 5.69 Å². The van der Waals surface area contributed by atoms with Crippen LogP contribution in [0.1, 0.15) is 0 Å². The first-order chi connectivity index (χ1) is 10.1. The van der Waals surface area contributed by atoms with Crippen LogP contribution in [0, 0.1) is 0 Å². The second-order valence-corrected chi connectivity index (χ2v) is 6.10. The Kier molecular flexibility index (Phi) is 6.18. The van der Waals surface area contributed by atoms with Crippen LogP contribution in [-0.2, 0) is 0 Å². The number of ether oxygens (including phenoxy) is 1. The number of para-hydroxylation sites is 1. The van der Waals surface area contributed by atoms with Crippen LogP contribution in [0.25, 0.3) is 0 Å². The highest BCUT2D eigenvalue weighted by Gasteiger charge is 2.08. The van der Waals surface area contributed by atoms with Gasteiger partial charge in [0.2, 0.25) is 0 Å². The van der Waals surface area contributed by atoms with Crippen molar-refractivity contribution in [3.8, 4) is 5.75 Å². The van der Waals surface area contributed by atoms with E-state index in [-0.39, 0.29) is 6.61 Å². The summed E-state index contributed by atoms with van der Waals surface area (Å²) in [6, 6.07) is 12.6. The van der Waals surface area contributed by atoms with Gasteiger partial charge in [0.1, 0.15) is 18.5 Å². The predicted octanol–water partition coefficient (Wildman–Crippen LogP) is 4.61. The quantitative estimate of drug-likeness (QED) is 0.756. The molecule has 3 nitrogen and oxygen atoms in total. The summed E-state index contributed by atoms with van der Waals surface area (Å²) in [6.07, 6.45) is -0.663. The fourth-order valence-corrected chi connectivity index (χ4v) is 2.68. The van der Waals surface area contributed by atoms with E-state index in [9.17, 15) is 5.11 Å². The molecule has 0 heterocycles. The van der Waals surface area contributed by atoms with Gasteiger partial charge in [-0.3, -0.25) is 0 Å². The molecule has 0 fully saturated rings. The van der Waals surface area contributed by atoms with Gasteiger partial charge in [-0.05, 0) is 46.3 Å². The Balaban J connectivity index is 1.82. The minimum atomic E-state index is -0.663. The van der Waals surface area contributed by atoms with Gasteiger partial charge < -0.3 is 15.2 Å². The topological polar surface area (TPSA) is 41.5 Å². The van der Waals surface area contributed by atoms with Gasteiger partial charge in [0, 0.05) is 21.7 Å². The zero-order valence-electron chi connectivity index (χ0n) is 11.0. The second-order valence-electron chi connectivity index (χ2n) is 4.40. The van der Waals surface area contributed by atoms with Gasteiger partial charge in [0.05, 0.1) is 5.02 Å². The molecular formula is C15H14BrCl2NO2.